The predicted molar refractivity (Wildman–Crippen MR) is 121 cm³/mol. The highest BCUT2D eigenvalue weighted by Crippen LogP contribution is 2.34. The maximum Gasteiger partial charge on any atom is 0.416 e. The largest absolute Gasteiger partial charge is 0.416 e. The van der Waals surface area contributed by atoms with Crippen molar-refractivity contribution in [2.45, 2.75) is 19.1 Å². The summed E-state index contributed by atoms with van der Waals surface area (Å²) in [5.74, 6) is 0. The Hall–Kier alpha value is -3.28. The molecule has 0 amide bonds. The molecule has 0 aliphatic carbocycles. The van der Waals surface area contributed by atoms with Crippen LogP contribution >= 0.6 is 0 Å². The third-order valence-electron chi connectivity index (χ3n) is 5.49. The quantitative estimate of drug-likeness (QED) is 0.543. The molecule has 0 spiro atoms. The number of rotatable bonds is 5. The minimum Gasteiger partial charge on any atom is -0.381 e. The van der Waals surface area contributed by atoms with E-state index < -0.39 is 11.7 Å². The lowest BCUT2D eigenvalue weighted by Crippen LogP contribution is -2.10. The molecule has 0 unspecified atom stereocenters. The zero-order valence-electron chi connectivity index (χ0n) is 17.5. The fourth-order valence-corrected chi connectivity index (χ4v) is 3.71. The molecule has 6 heteroatoms. The number of aliphatic imine (C=N–C) groups is 1. The van der Waals surface area contributed by atoms with E-state index in [2.05, 4.69) is 39.5 Å². The molecule has 31 heavy (non-hydrogen) atoms. The van der Waals surface area contributed by atoms with E-state index in [9.17, 15) is 13.2 Å². The number of nitrogens with one attached hydrogen (secondary N) is 1. The third-order valence-corrected chi connectivity index (χ3v) is 5.49. The molecule has 0 atom stereocenters. The molecular weight excluding hydrogens is 399 g/mol. The minimum absolute atomic E-state index is 0.643. The molecular formula is C25H24F3N3. The first kappa shape index (κ1) is 21.0. The number of anilines is 2. The van der Waals surface area contributed by atoms with Crippen LogP contribution in [0.4, 0.5) is 24.5 Å². The maximum absolute atomic E-state index is 12.9. The first-order chi connectivity index (χ1) is 14.8. The van der Waals surface area contributed by atoms with Gasteiger partial charge in [-0.1, -0.05) is 24.3 Å². The smallest absolute Gasteiger partial charge is 0.381 e. The molecule has 1 aliphatic rings. The van der Waals surface area contributed by atoms with E-state index >= 15 is 0 Å². The summed E-state index contributed by atoms with van der Waals surface area (Å²) in [5, 5.41) is 3.53. The number of halogens is 3. The molecule has 4 rings (SSSR count). The summed E-state index contributed by atoms with van der Waals surface area (Å²) in [6.07, 6.45) is -1.65. The van der Waals surface area contributed by atoms with E-state index in [1.54, 1.807) is 0 Å². The lowest BCUT2D eigenvalue weighted by molar-refractivity contribution is -0.137. The topological polar surface area (TPSA) is 27.6 Å². The average Bonchev–Trinajstić information content (AvgIpc) is 2.77. The molecule has 0 saturated heterocycles. The number of nitrogens with zero attached hydrogens (tertiary/aromatic N) is 2. The van der Waals surface area contributed by atoms with E-state index in [1.165, 1.54) is 17.7 Å². The zero-order valence-corrected chi connectivity index (χ0v) is 17.5. The summed E-state index contributed by atoms with van der Waals surface area (Å²) in [6, 6.07) is 17.7. The first-order valence-corrected chi connectivity index (χ1v) is 10.2. The predicted octanol–water partition coefficient (Wildman–Crippen LogP) is 6.03. The Bertz CT molecular complexity index is 1080. The third kappa shape index (κ3) is 4.74. The Morgan fingerprint density at radius 2 is 1.65 bits per heavy atom. The van der Waals surface area contributed by atoms with Crippen molar-refractivity contribution in [1.29, 1.82) is 0 Å². The highest BCUT2D eigenvalue weighted by Gasteiger charge is 2.30. The molecule has 3 nitrogen and oxygen atoms in total. The van der Waals surface area contributed by atoms with Gasteiger partial charge in [0, 0.05) is 44.8 Å². The molecule has 0 aromatic heterocycles. The Morgan fingerprint density at radius 1 is 0.935 bits per heavy atom. The van der Waals surface area contributed by atoms with Gasteiger partial charge in [0.25, 0.3) is 0 Å². The fraction of sp³-hybridized carbons (Fsp3) is 0.240. The Morgan fingerprint density at radius 3 is 2.29 bits per heavy atom. The lowest BCUT2D eigenvalue weighted by atomic mass is 9.94. The van der Waals surface area contributed by atoms with Crippen molar-refractivity contribution < 1.29 is 13.2 Å². The average molecular weight is 423 g/mol. The Labute approximate surface area is 180 Å². The van der Waals surface area contributed by atoms with Gasteiger partial charge in [0.05, 0.1) is 5.56 Å². The molecule has 1 heterocycles. The van der Waals surface area contributed by atoms with Crippen molar-refractivity contribution in [2.24, 2.45) is 4.99 Å². The van der Waals surface area contributed by atoms with Gasteiger partial charge in [-0.15, -0.1) is 0 Å². The van der Waals surface area contributed by atoms with Crippen LogP contribution in [0.5, 0.6) is 0 Å². The van der Waals surface area contributed by atoms with E-state index in [0.29, 0.717) is 6.54 Å². The van der Waals surface area contributed by atoms with Gasteiger partial charge in [-0.2, -0.15) is 13.2 Å². The molecule has 1 N–H and O–H groups in total. The molecule has 3 aromatic carbocycles. The molecule has 0 saturated carbocycles. The van der Waals surface area contributed by atoms with E-state index in [0.717, 1.165) is 58.7 Å². The first-order valence-electron chi connectivity index (χ1n) is 10.2. The van der Waals surface area contributed by atoms with Gasteiger partial charge in [-0.3, -0.25) is 4.99 Å². The summed E-state index contributed by atoms with van der Waals surface area (Å²) in [7, 11) is 4.02. The highest BCUT2D eigenvalue weighted by atomic mass is 19.4. The number of alkyl halides is 3. The summed E-state index contributed by atoms with van der Waals surface area (Å²) in [5.41, 5.74) is 6.46. The van der Waals surface area contributed by atoms with Crippen LogP contribution in [0.25, 0.3) is 11.1 Å². The van der Waals surface area contributed by atoms with Crippen LogP contribution in [0.1, 0.15) is 22.3 Å². The molecule has 0 fully saturated rings. The second-order valence-corrected chi connectivity index (χ2v) is 7.87. The van der Waals surface area contributed by atoms with Crippen LogP contribution in [0.15, 0.2) is 65.7 Å². The molecule has 1 aliphatic heterocycles. The van der Waals surface area contributed by atoms with E-state index in [4.69, 9.17) is 0 Å². The standard InChI is InChI=1S/C25H24F3N3/c1-31(2)22-9-3-17(4-10-22)15-30-24-14-19(13-20-16-29-12-11-23(20)24)18-5-7-21(8-6-18)25(26,27)28/h3-10,13-14,16,30H,11-12,15H2,1-2H3. The van der Waals surface area contributed by atoms with Crippen molar-refractivity contribution in [1.82, 2.24) is 0 Å². The van der Waals surface area contributed by atoms with Gasteiger partial charge >= 0.3 is 6.18 Å². The summed E-state index contributed by atoms with van der Waals surface area (Å²) >= 11 is 0. The highest BCUT2D eigenvalue weighted by molar-refractivity contribution is 5.89. The lowest BCUT2D eigenvalue weighted by Gasteiger charge is -2.19. The van der Waals surface area contributed by atoms with Gasteiger partial charge in [0.2, 0.25) is 0 Å². The van der Waals surface area contributed by atoms with Crippen LogP contribution in [-0.2, 0) is 19.1 Å². The normalized spacial score (nSPS) is 13.1. The van der Waals surface area contributed by atoms with Crippen LogP contribution < -0.4 is 10.2 Å². The summed E-state index contributed by atoms with van der Waals surface area (Å²) in [4.78, 5) is 6.44. The van der Waals surface area contributed by atoms with Gasteiger partial charge < -0.3 is 10.2 Å². The minimum atomic E-state index is -4.34. The van der Waals surface area contributed by atoms with E-state index in [-0.39, 0.29) is 0 Å². The van der Waals surface area contributed by atoms with Crippen molar-refractivity contribution in [2.75, 3.05) is 30.9 Å². The molecule has 0 bridgehead atoms. The summed E-state index contributed by atoms with van der Waals surface area (Å²) in [6.45, 7) is 1.40. The van der Waals surface area contributed by atoms with Crippen LogP contribution in [-0.4, -0.2) is 26.9 Å². The van der Waals surface area contributed by atoms with Crippen molar-refractivity contribution >= 4 is 17.6 Å². The van der Waals surface area contributed by atoms with Crippen LogP contribution in [0, 0.1) is 0 Å². The number of hydrogen-bond donors (Lipinski definition) is 1. The number of benzene rings is 3. The maximum atomic E-state index is 12.9. The van der Waals surface area contributed by atoms with Crippen LogP contribution in [0.2, 0.25) is 0 Å². The van der Waals surface area contributed by atoms with Gasteiger partial charge in [-0.05, 0) is 70.6 Å². The van der Waals surface area contributed by atoms with Gasteiger partial charge in [0.15, 0.2) is 0 Å². The molecule has 160 valence electrons. The number of hydrogen-bond acceptors (Lipinski definition) is 3. The van der Waals surface area contributed by atoms with Gasteiger partial charge in [0.1, 0.15) is 0 Å². The monoisotopic (exact) mass is 423 g/mol. The molecule has 0 radical (unpaired) electrons. The second-order valence-electron chi connectivity index (χ2n) is 7.87. The van der Waals surface area contributed by atoms with E-state index in [1.807, 2.05) is 32.4 Å². The van der Waals surface area contributed by atoms with Crippen molar-refractivity contribution in [3.8, 4) is 11.1 Å². The number of fused-ring (bicyclic) bond motifs is 1. The zero-order chi connectivity index (χ0) is 22.0. The van der Waals surface area contributed by atoms with Crippen molar-refractivity contribution in [3.63, 3.8) is 0 Å². The summed E-state index contributed by atoms with van der Waals surface area (Å²) < 4.78 is 38.7. The van der Waals surface area contributed by atoms with Gasteiger partial charge in [-0.25, -0.2) is 0 Å². The molecule has 3 aromatic rings. The SMILES string of the molecule is CN(C)c1ccc(CNc2cc(-c3ccc(C(F)(F)F)cc3)cc3c2CCN=C3)cc1. The second kappa shape index (κ2) is 8.46. The Balaban J connectivity index is 1.62. The van der Waals surface area contributed by atoms with Crippen LogP contribution in [0.3, 0.4) is 0 Å². The fourth-order valence-electron chi connectivity index (χ4n) is 3.71. The van der Waals surface area contributed by atoms with Crippen molar-refractivity contribution in [3.05, 3.63) is 82.9 Å². The Kier molecular flexibility index (Phi) is 5.72.